The van der Waals surface area contributed by atoms with E-state index in [9.17, 15) is 4.79 Å². The molecule has 0 radical (unpaired) electrons. The fourth-order valence-electron chi connectivity index (χ4n) is 1.80. The number of rotatable bonds is 7. The van der Waals surface area contributed by atoms with Crippen LogP contribution in [0.4, 0.5) is 0 Å². The summed E-state index contributed by atoms with van der Waals surface area (Å²) >= 11 is 0. The first-order valence-electron chi connectivity index (χ1n) is 6.69. The Morgan fingerprint density at radius 3 is 2.65 bits per heavy atom. The van der Waals surface area contributed by atoms with Gasteiger partial charge in [-0.05, 0) is 37.1 Å². The maximum Gasteiger partial charge on any atom is 0.225 e. The summed E-state index contributed by atoms with van der Waals surface area (Å²) in [6.07, 6.45) is 1.06. The van der Waals surface area contributed by atoms with Crippen molar-refractivity contribution in [3.05, 3.63) is 23.8 Å². The van der Waals surface area contributed by atoms with Gasteiger partial charge in [0.15, 0.2) is 0 Å². The van der Waals surface area contributed by atoms with E-state index in [1.54, 1.807) is 26.1 Å². The largest absolute Gasteiger partial charge is 0.497 e. The van der Waals surface area contributed by atoms with Crippen molar-refractivity contribution in [2.45, 2.75) is 25.8 Å². The van der Waals surface area contributed by atoms with Crippen LogP contribution in [0.25, 0.3) is 0 Å². The predicted octanol–water partition coefficient (Wildman–Crippen LogP) is 1.44. The fraction of sp³-hybridized carbons (Fsp3) is 0.533. The third kappa shape index (κ3) is 5.09. The highest BCUT2D eigenvalue weighted by Gasteiger charge is 2.10. The average Bonchev–Trinajstić information content (AvgIpc) is 2.39. The van der Waals surface area contributed by atoms with E-state index >= 15 is 0 Å². The van der Waals surface area contributed by atoms with Gasteiger partial charge in [-0.1, -0.05) is 0 Å². The van der Waals surface area contributed by atoms with Gasteiger partial charge < -0.3 is 20.1 Å². The molecule has 5 heteroatoms. The molecule has 20 heavy (non-hydrogen) atoms. The number of nitrogens with two attached hydrogens (primary N) is 1. The topological polar surface area (TPSA) is 64.8 Å². The number of ether oxygens (including phenoxy) is 2. The molecule has 0 spiro atoms. The summed E-state index contributed by atoms with van der Waals surface area (Å²) in [4.78, 5) is 13.1. The minimum absolute atomic E-state index is 0.0351. The van der Waals surface area contributed by atoms with Crippen LogP contribution in [0.2, 0.25) is 0 Å². The van der Waals surface area contributed by atoms with Crippen molar-refractivity contribution in [2.75, 3.05) is 27.8 Å². The highest BCUT2D eigenvalue weighted by Crippen LogP contribution is 2.25. The summed E-state index contributed by atoms with van der Waals surface area (Å²) in [5.41, 5.74) is 6.84. The standard InChI is InChI=1S/C15H24N2O3/c1-11(16)9-12-10-13(19-4)5-6-14(12)20-8-7-15(18)17(2)3/h5-6,10-11H,7-9,16H2,1-4H3. The summed E-state index contributed by atoms with van der Waals surface area (Å²) in [6.45, 7) is 2.30. The van der Waals surface area contributed by atoms with Crippen molar-refractivity contribution in [1.82, 2.24) is 4.90 Å². The summed E-state index contributed by atoms with van der Waals surface area (Å²) in [5, 5.41) is 0. The highest BCUT2D eigenvalue weighted by atomic mass is 16.5. The Hall–Kier alpha value is -1.75. The summed E-state index contributed by atoms with van der Waals surface area (Å²) in [7, 11) is 5.09. The highest BCUT2D eigenvalue weighted by molar-refractivity contribution is 5.75. The molecule has 0 fully saturated rings. The second kappa shape index (κ2) is 7.75. The zero-order chi connectivity index (χ0) is 15.1. The molecule has 1 aromatic carbocycles. The monoisotopic (exact) mass is 280 g/mol. The van der Waals surface area contributed by atoms with E-state index in [-0.39, 0.29) is 11.9 Å². The molecular weight excluding hydrogens is 256 g/mol. The van der Waals surface area contributed by atoms with E-state index in [1.807, 2.05) is 25.1 Å². The number of carbonyl (C=O) groups is 1. The Labute approximate surface area is 120 Å². The smallest absolute Gasteiger partial charge is 0.225 e. The van der Waals surface area contributed by atoms with Gasteiger partial charge in [0.05, 0.1) is 20.1 Å². The molecule has 1 atom stereocenters. The lowest BCUT2D eigenvalue weighted by atomic mass is 10.1. The van der Waals surface area contributed by atoms with E-state index in [0.29, 0.717) is 19.4 Å². The number of nitrogens with zero attached hydrogens (tertiary/aromatic N) is 1. The van der Waals surface area contributed by atoms with Crippen LogP contribution in [0.3, 0.4) is 0 Å². The Balaban J connectivity index is 2.70. The molecule has 2 N–H and O–H groups in total. The van der Waals surface area contributed by atoms with Gasteiger partial charge in [-0.15, -0.1) is 0 Å². The first-order valence-corrected chi connectivity index (χ1v) is 6.69. The zero-order valence-electron chi connectivity index (χ0n) is 12.7. The van der Waals surface area contributed by atoms with Gasteiger partial charge in [-0.3, -0.25) is 4.79 Å². The Kier molecular flexibility index (Phi) is 6.31. The maximum absolute atomic E-state index is 11.5. The fourth-order valence-corrected chi connectivity index (χ4v) is 1.80. The van der Waals surface area contributed by atoms with Crippen LogP contribution < -0.4 is 15.2 Å². The first kappa shape index (κ1) is 16.3. The quantitative estimate of drug-likeness (QED) is 0.821. The molecule has 1 rings (SSSR count). The molecule has 0 aliphatic rings. The summed E-state index contributed by atoms with van der Waals surface area (Å²) < 4.78 is 10.9. The lowest BCUT2D eigenvalue weighted by molar-refractivity contribution is -0.129. The second-order valence-corrected chi connectivity index (χ2v) is 5.04. The molecule has 0 aromatic heterocycles. The van der Waals surface area contributed by atoms with E-state index in [1.165, 1.54) is 0 Å². The lowest BCUT2D eigenvalue weighted by Gasteiger charge is -2.15. The molecule has 112 valence electrons. The third-order valence-corrected chi connectivity index (χ3v) is 2.88. The van der Waals surface area contributed by atoms with Gasteiger partial charge in [0.25, 0.3) is 0 Å². The molecule has 1 aromatic rings. The Morgan fingerprint density at radius 1 is 1.40 bits per heavy atom. The van der Waals surface area contributed by atoms with E-state index in [0.717, 1.165) is 17.1 Å². The second-order valence-electron chi connectivity index (χ2n) is 5.04. The van der Waals surface area contributed by atoms with Crippen molar-refractivity contribution in [1.29, 1.82) is 0 Å². The number of hydrogen-bond donors (Lipinski definition) is 1. The summed E-state index contributed by atoms with van der Waals surface area (Å²) in [6, 6.07) is 5.66. The molecule has 1 amide bonds. The number of methoxy groups -OCH3 is 1. The van der Waals surface area contributed by atoms with Gasteiger partial charge in [0.1, 0.15) is 11.5 Å². The van der Waals surface area contributed by atoms with Crippen LogP contribution in [0.1, 0.15) is 18.9 Å². The van der Waals surface area contributed by atoms with Gasteiger partial charge in [0.2, 0.25) is 5.91 Å². The molecule has 0 saturated heterocycles. The minimum atomic E-state index is 0.0351. The van der Waals surface area contributed by atoms with E-state index < -0.39 is 0 Å². The number of carbonyl (C=O) groups excluding carboxylic acids is 1. The molecule has 0 aliphatic heterocycles. The van der Waals surface area contributed by atoms with Crippen LogP contribution in [-0.2, 0) is 11.2 Å². The van der Waals surface area contributed by atoms with E-state index in [2.05, 4.69) is 0 Å². The molecular formula is C15H24N2O3. The van der Waals surface area contributed by atoms with Crippen LogP contribution in [0, 0.1) is 0 Å². The zero-order valence-corrected chi connectivity index (χ0v) is 12.7. The van der Waals surface area contributed by atoms with Crippen LogP contribution >= 0.6 is 0 Å². The molecule has 0 heterocycles. The first-order chi connectivity index (χ1) is 9.43. The Bertz CT molecular complexity index is 445. The van der Waals surface area contributed by atoms with E-state index in [4.69, 9.17) is 15.2 Å². The van der Waals surface area contributed by atoms with Gasteiger partial charge in [-0.2, -0.15) is 0 Å². The molecule has 0 saturated carbocycles. The molecule has 0 aliphatic carbocycles. The van der Waals surface area contributed by atoms with Crippen molar-refractivity contribution in [3.63, 3.8) is 0 Å². The third-order valence-electron chi connectivity index (χ3n) is 2.88. The van der Waals surface area contributed by atoms with Crippen LogP contribution in [0.15, 0.2) is 18.2 Å². The molecule has 1 unspecified atom stereocenters. The molecule has 5 nitrogen and oxygen atoms in total. The SMILES string of the molecule is COc1ccc(OCCC(=O)N(C)C)c(CC(C)N)c1. The van der Waals surface area contributed by atoms with Gasteiger partial charge >= 0.3 is 0 Å². The number of benzene rings is 1. The molecule has 0 bridgehead atoms. The lowest BCUT2D eigenvalue weighted by Crippen LogP contribution is -2.23. The predicted molar refractivity (Wildman–Crippen MR) is 79.2 cm³/mol. The number of amides is 1. The van der Waals surface area contributed by atoms with Crippen LogP contribution in [0.5, 0.6) is 11.5 Å². The van der Waals surface area contributed by atoms with Crippen molar-refractivity contribution >= 4 is 5.91 Å². The maximum atomic E-state index is 11.5. The van der Waals surface area contributed by atoms with Crippen LogP contribution in [-0.4, -0.2) is 44.7 Å². The number of hydrogen-bond acceptors (Lipinski definition) is 4. The van der Waals surface area contributed by atoms with Crippen molar-refractivity contribution in [3.8, 4) is 11.5 Å². The van der Waals surface area contributed by atoms with Crippen molar-refractivity contribution in [2.24, 2.45) is 5.73 Å². The van der Waals surface area contributed by atoms with Crippen molar-refractivity contribution < 1.29 is 14.3 Å². The van der Waals surface area contributed by atoms with Gasteiger partial charge in [-0.25, -0.2) is 0 Å². The minimum Gasteiger partial charge on any atom is -0.497 e. The average molecular weight is 280 g/mol. The normalized spacial score (nSPS) is 11.8. The Morgan fingerprint density at radius 2 is 2.10 bits per heavy atom. The van der Waals surface area contributed by atoms with Gasteiger partial charge in [0, 0.05) is 20.1 Å². The summed E-state index contributed by atoms with van der Waals surface area (Å²) in [5.74, 6) is 1.58.